The highest BCUT2D eigenvalue weighted by molar-refractivity contribution is 5.71. The summed E-state index contributed by atoms with van der Waals surface area (Å²) in [5.41, 5.74) is 0. The fraction of sp³-hybridized carbons (Fsp3) is 0.944. The molecule has 0 radical (unpaired) electrons. The summed E-state index contributed by atoms with van der Waals surface area (Å²) in [7, 11) is 0. The first-order valence-electron chi connectivity index (χ1n) is 26.7. The minimum atomic E-state index is -0.762. The summed E-state index contributed by atoms with van der Waals surface area (Å²) in [5, 5.41) is 0. The Morgan fingerprint density at radius 3 is 0.817 bits per heavy atom. The van der Waals surface area contributed by atoms with Crippen molar-refractivity contribution in [1.82, 2.24) is 0 Å². The lowest BCUT2D eigenvalue weighted by Gasteiger charge is -2.18. The summed E-state index contributed by atoms with van der Waals surface area (Å²) >= 11 is 0. The molecule has 0 aliphatic rings. The van der Waals surface area contributed by atoms with Crippen LogP contribution < -0.4 is 0 Å². The minimum Gasteiger partial charge on any atom is -0.462 e. The highest BCUT2D eigenvalue weighted by Gasteiger charge is 2.19. The molecule has 0 aliphatic carbocycles. The molecule has 0 fully saturated rings. The van der Waals surface area contributed by atoms with Gasteiger partial charge < -0.3 is 14.2 Å². The molecule has 0 aromatic rings. The Bertz CT molecular complexity index is 916. The molecule has 0 saturated carbocycles. The van der Waals surface area contributed by atoms with E-state index in [9.17, 15) is 14.4 Å². The van der Waals surface area contributed by atoms with Crippen LogP contribution >= 0.6 is 0 Å². The zero-order valence-electron chi connectivity index (χ0n) is 41.1. The van der Waals surface area contributed by atoms with E-state index in [0.717, 1.165) is 69.6 Å². The highest BCUT2D eigenvalue weighted by atomic mass is 16.6. The van der Waals surface area contributed by atoms with Crippen LogP contribution in [0.5, 0.6) is 0 Å². The molecular weight excluding hydrogens is 745 g/mol. The van der Waals surface area contributed by atoms with Crippen molar-refractivity contribution in [2.75, 3.05) is 13.2 Å². The Morgan fingerprint density at radius 1 is 0.317 bits per heavy atom. The second-order valence-corrected chi connectivity index (χ2v) is 19.5. The first kappa shape index (κ1) is 58.4. The van der Waals surface area contributed by atoms with Crippen molar-refractivity contribution in [2.45, 2.75) is 304 Å². The van der Waals surface area contributed by atoms with E-state index in [1.165, 1.54) is 186 Å². The SMILES string of the molecule is CCCCCCCCCCCCCCCCCCC(=O)OC[C@H](COC(=O)CCCCCCCCC(C)C)OC(=O)CCCCCCCCCCCCCCCCC(C)C. The Labute approximate surface area is 374 Å². The van der Waals surface area contributed by atoms with E-state index in [1.54, 1.807) is 0 Å². The maximum absolute atomic E-state index is 12.8. The van der Waals surface area contributed by atoms with Crippen LogP contribution in [0.15, 0.2) is 0 Å². The highest BCUT2D eigenvalue weighted by Crippen LogP contribution is 2.18. The number of ether oxygens (including phenoxy) is 3. The molecule has 0 aliphatic heterocycles. The van der Waals surface area contributed by atoms with Gasteiger partial charge in [0.05, 0.1) is 0 Å². The van der Waals surface area contributed by atoms with Crippen LogP contribution in [0.2, 0.25) is 0 Å². The number of carbonyl (C=O) groups is 3. The van der Waals surface area contributed by atoms with E-state index in [1.807, 2.05) is 0 Å². The van der Waals surface area contributed by atoms with Gasteiger partial charge in [-0.25, -0.2) is 0 Å². The third-order valence-corrected chi connectivity index (χ3v) is 12.2. The predicted octanol–water partition coefficient (Wildman–Crippen LogP) is 17.3. The van der Waals surface area contributed by atoms with Crippen LogP contribution in [0.4, 0.5) is 0 Å². The Morgan fingerprint density at radius 2 is 0.550 bits per heavy atom. The summed E-state index contributed by atoms with van der Waals surface area (Å²) in [4.78, 5) is 37.9. The zero-order chi connectivity index (χ0) is 44.0. The van der Waals surface area contributed by atoms with Crippen LogP contribution in [0.25, 0.3) is 0 Å². The van der Waals surface area contributed by atoms with Gasteiger partial charge in [-0.15, -0.1) is 0 Å². The number of hydrogen-bond donors (Lipinski definition) is 0. The van der Waals surface area contributed by atoms with Crippen molar-refractivity contribution in [2.24, 2.45) is 11.8 Å². The number of rotatable bonds is 48. The molecule has 0 bridgehead atoms. The van der Waals surface area contributed by atoms with Gasteiger partial charge in [0.1, 0.15) is 13.2 Å². The average Bonchev–Trinajstić information content (AvgIpc) is 3.22. The minimum absolute atomic E-state index is 0.0641. The standard InChI is InChI=1S/C54H104O6/c1-6-7-8-9-10-11-12-13-14-15-19-22-25-28-34-39-44-52(55)58-47-51(48-59-53(56)45-40-35-31-30-33-38-43-50(4)5)60-54(57)46-41-36-29-26-23-20-17-16-18-21-24-27-32-37-42-49(2)3/h49-51H,6-48H2,1-5H3/t51-/m1/s1. The predicted molar refractivity (Wildman–Crippen MR) is 256 cm³/mol. The van der Waals surface area contributed by atoms with Gasteiger partial charge >= 0.3 is 17.9 Å². The maximum atomic E-state index is 12.8. The lowest BCUT2D eigenvalue weighted by molar-refractivity contribution is -0.167. The van der Waals surface area contributed by atoms with Gasteiger partial charge in [-0.1, -0.05) is 259 Å². The van der Waals surface area contributed by atoms with E-state index in [2.05, 4.69) is 34.6 Å². The fourth-order valence-corrected chi connectivity index (χ4v) is 8.17. The van der Waals surface area contributed by atoms with Crippen LogP contribution in [-0.4, -0.2) is 37.2 Å². The number of carbonyl (C=O) groups excluding carboxylic acids is 3. The third-order valence-electron chi connectivity index (χ3n) is 12.2. The Kier molecular flexibility index (Phi) is 45.7. The molecule has 6 heteroatoms. The Hall–Kier alpha value is -1.59. The van der Waals surface area contributed by atoms with E-state index < -0.39 is 6.10 Å². The first-order valence-corrected chi connectivity index (χ1v) is 26.7. The molecule has 0 N–H and O–H groups in total. The molecule has 356 valence electrons. The number of unbranched alkanes of at least 4 members (excludes halogenated alkanes) is 33. The smallest absolute Gasteiger partial charge is 0.306 e. The number of hydrogen-bond acceptors (Lipinski definition) is 6. The average molecular weight is 849 g/mol. The summed E-state index contributed by atoms with van der Waals surface area (Å²) in [6.07, 6.45) is 48.2. The molecule has 6 nitrogen and oxygen atoms in total. The van der Waals surface area contributed by atoms with Crippen molar-refractivity contribution in [3.63, 3.8) is 0 Å². The summed E-state index contributed by atoms with van der Waals surface area (Å²) in [5.74, 6) is 0.756. The second-order valence-electron chi connectivity index (χ2n) is 19.5. The number of esters is 3. The largest absolute Gasteiger partial charge is 0.462 e. The van der Waals surface area contributed by atoms with Gasteiger partial charge in [-0.05, 0) is 31.1 Å². The molecule has 0 aromatic carbocycles. The van der Waals surface area contributed by atoms with Gasteiger partial charge in [-0.3, -0.25) is 14.4 Å². The van der Waals surface area contributed by atoms with Crippen molar-refractivity contribution in [1.29, 1.82) is 0 Å². The molecule has 0 saturated heterocycles. The van der Waals surface area contributed by atoms with Gasteiger partial charge in [0.2, 0.25) is 0 Å². The lowest BCUT2D eigenvalue weighted by atomic mass is 10.0. The Balaban J connectivity index is 4.25. The summed E-state index contributed by atoms with van der Waals surface area (Å²) in [6.45, 7) is 11.3. The van der Waals surface area contributed by atoms with Crippen LogP contribution in [-0.2, 0) is 28.6 Å². The summed E-state index contributed by atoms with van der Waals surface area (Å²) < 4.78 is 16.8. The lowest BCUT2D eigenvalue weighted by Crippen LogP contribution is -2.30. The van der Waals surface area contributed by atoms with Gasteiger partial charge in [0.15, 0.2) is 6.10 Å². The zero-order valence-corrected chi connectivity index (χ0v) is 41.1. The van der Waals surface area contributed by atoms with E-state index in [4.69, 9.17) is 14.2 Å². The van der Waals surface area contributed by atoms with Gasteiger partial charge in [-0.2, -0.15) is 0 Å². The third kappa shape index (κ3) is 47.5. The fourth-order valence-electron chi connectivity index (χ4n) is 8.17. The molecular formula is C54H104O6. The van der Waals surface area contributed by atoms with Crippen molar-refractivity contribution >= 4 is 17.9 Å². The van der Waals surface area contributed by atoms with E-state index >= 15 is 0 Å². The topological polar surface area (TPSA) is 78.9 Å². The molecule has 0 unspecified atom stereocenters. The van der Waals surface area contributed by atoms with Crippen molar-refractivity contribution < 1.29 is 28.6 Å². The molecule has 1 atom stereocenters. The monoisotopic (exact) mass is 849 g/mol. The van der Waals surface area contributed by atoms with Gasteiger partial charge in [0.25, 0.3) is 0 Å². The van der Waals surface area contributed by atoms with E-state index in [-0.39, 0.29) is 31.1 Å². The molecule has 0 aromatic heterocycles. The molecule has 0 amide bonds. The molecule has 0 rings (SSSR count). The normalized spacial score (nSPS) is 12.1. The van der Waals surface area contributed by atoms with Crippen LogP contribution in [0.3, 0.4) is 0 Å². The van der Waals surface area contributed by atoms with E-state index in [0.29, 0.717) is 19.3 Å². The maximum Gasteiger partial charge on any atom is 0.306 e. The molecule has 0 heterocycles. The van der Waals surface area contributed by atoms with Gasteiger partial charge in [0, 0.05) is 19.3 Å². The molecule has 0 spiro atoms. The quantitative estimate of drug-likeness (QED) is 0.0345. The van der Waals surface area contributed by atoms with Crippen molar-refractivity contribution in [3.05, 3.63) is 0 Å². The molecule has 60 heavy (non-hydrogen) atoms. The van der Waals surface area contributed by atoms with Crippen LogP contribution in [0, 0.1) is 11.8 Å². The summed E-state index contributed by atoms with van der Waals surface area (Å²) in [6, 6.07) is 0. The second kappa shape index (κ2) is 46.9. The first-order chi connectivity index (χ1) is 29.2. The van der Waals surface area contributed by atoms with Crippen LogP contribution in [0.1, 0.15) is 298 Å². The van der Waals surface area contributed by atoms with Crippen molar-refractivity contribution in [3.8, 4) is 0 Å².